The molecule has 0 saturated carbocycles. The molecule has 0 spiro atoms. The number of aryl methyl sites for hydroxylation is 1. The Balaban J connectivity index is 2.89. The zero-order valence-electron chi connectivity index (χ0n) is 13.6. The van der Waals surface area contributed by atoms with Gasteiger partial charge in [0, 0.05) is 19.7 Å². The van der Waals surface area contributed by atoms with E-state index >= 15 is 0 Å². The van der Waals surface area contributed by atoms with Gasteiger partial charge in [-0.1, -0.05) is 43.7 Å². The highest BCUT2D eigenvalue weighted by Gasteiger charge is 2.26. The van der Waals surface area contributed by atoms with Gasteiger partial charge in [-0.2, -0.15) is 0 Å². The van der Waals surface area contributed by atoms with Gasteiger partial charge in [0.25, 0.3) is 0 Å². The first-order valence-corrected chi connectivity index (χ1v) is 7.66. The van der Waals surface area contributed by atoms with Crippen LogP contribution in [-0.4, -0.2) is 37.1 Å². The van der Waals surface area contributed by atoms with Gasteiger partial charge in [-0.05, 0) is 25.3 Å². The number of ether oxygens (including phenoxy) is 1. The van der Waals surface area contributed by atoms with Crippen molar-refractivity contribution in [3.05, 3.63) is 35.4 Å². The molecule has 0 bridgehead atoms. The normalized spacial score (nSPS) is 12.5. The molecule has 118 valence electrons. The van der Waals surface area contributed by atoms with Gasteiger partial charge >= 0.3 is 0 Å². The van der Waals surface area contributed by atoms with Crippen LogP contribution in [0.1, 0.15) is 43.9 Å². The lowest BCUT2D eigenvalue weighted by molar-refractivity contribution is -0.136. The van der Waals surface area contributed by atoms with Crippen molar-refractivity contribution >= 4 is 5.91 Å². The first-order valence-electron chi connectivity index (χ1n) is 7.66. The molecule has 0 radical (unpaired) electrons. The maximum Gasteiger partial charge on any atom is 0.244 e. The van der Waals surface area contributed by atoms with Crippen LogP contribution in [0.5, 0.6) is 0 Å². The molecule has 1 atom stereocenters. The summed E-state index contributed by atoms with van der Waals surface area (Å²) in [4.78, 5) is 14.6. The number of carbonyl (C=O) groups excluding carboxylic acids is 1. The minimum absolute atomic E-state index is 0.0235. The molecule has 4 nitrogen and oxygen atoms in total. The standard InChI is InChI=1S/C17H28N2O2/c1-5-15(6-2)19(11-12-21-4)17(20)16(18)14-9-7-13(3)8-10-14/h7-10,15-16H,5-6,11-12,18H2,1-4H3. The summed E-state index contributed by atoms with van der Waals surface area (Å²) in [6, 6.07) is 7.43. The molecule has 0 aliphatic carbocycles. The van der Waals surface area contributed by atoms with Crippen LogP contribution in [0.3, 0.4) is 0 Å². The molecule has 1 amide bonds. The van der Waals surface area contributed by atoms with Gasteiger partial charge in [0.05, 0.1) is 6.61 Å². The van der Waals surface area contributed by atoms with E-state index in [9.17, 15) is 4.79 Å². The van der Waals surface area contributed by atoms with Gasteiger partial charge in [0.2, 0.25) is 5.91 Å². The first kappa shape index (κ1) is 17.7. The van der Waals surface area contributed by atoms with E-state index in [0.717, 1.165) is 24.0 Å². The zero-order chi connectivity index (χ0) is 15.8. The quantitative estimate of drug-likeness (QED) is 0.801. The first-order chi connectivity index (χ1) is 10.0. The Morgan fingerprint density at radius 3 is 2.29 bits per heavy atom. The molecule has 1 unspecified atom stereocenters. The third-order valence-electron chi connectivity index (χ3n) is 3.91. The van der Waals surface area contributed by atoms with Crippen LogP contribution in [0, 0.1) is 6.92 Å². The van der Waals surface area contributed by atoms with Crippen LogP contribution >= 0.6 is 0 Å². The molecule has 0 fully saturated rings. The van der Waals surface area contributed by atoms with E-state index < -0.39 is 6.04 Å². The van der Waals surface area contributed by atoms with E-state index in [2.05, 4.69) is 13.8 Å². The highest BCUT2D eigenvalue weighted by molar-refractivity contribution is 5.83. The number of nitrogens with two attached hydrogens (primary N) is 1. The van der Waals surface area contributed by atoms with E-state index in [1.807, 2.05) is 36.1 Å². The summed E-state index contributed by atoms with van der Waals surface area (Å²) in [7, 11) is 1.65. The number of nitrogens with zero attached hydrogens (tertiary/aromatic N) is 1. The molecule has 0 aliphatic heterocycles. The lowest BCUT2D eigenvalue weighted by atomic mass is 10.0. The number of amides is 1. The van der Waals surface area contributed by atoms with Gasteiger partial charge in [-0.25, -0.2) is 0 Å². The number of methoxy groups -OCH3 is 1. The third-order valence-corrected chi connectivity index (χ3v) is 3.91. The Morgan fingerprint density at radius 2 is 1.81 bits per heavy atom. The fraction of sp³-hybridized carbons (Fsp3) is 0.588. The largest absolute Gasteiger partial charge is 0.383 e. The van der Waals surface area contributed by atoms with Crippen molar-refractivity contribution < 1.29 is 9.53 Å². The fourth-order valence-electron chi connectivity index (χ4n) is 2.49. The van der Waals surface area contributed by atoms with Crippen LogP contribution < -0.4 is 5.73 Å². The van der Waals surface area contributed by atoms with Crippen LogP contribution in [-0.2, 0) is 9.53 Å². The van der Waals surface area contributed by atoms with Gasteiger partial charge < -0.3 is 15.4 Å². The topological polar surface area (TPSA) is 55.6 Å². The highest BCUT2D eigenvalue weighted by atomic mass is 16.5. The monoisotopic (exact) mass is 292 g/mol. The second-order valence-corrected chi connectivity index (χ2v) is 5.38. The van der Waals surface area contributed by atoms with Crippen LogP contribution in [0.4, 0.5) is 0 Å². The molecule has 4 heteroatoms. The average Bonchev–Trinajstić information content (AvgIpc) is 2.51. The van der Waals surface area contributed by atoms with E-state index in [4.69, 9.17) is 10.5 Å². The smallest absolute Gasteiger partial charge is 0.244 e. The van der Waals surface area contributed by atoms with Crippen LogP contribution in [0.15, 0.2) is 24.3 Å². The average molecular weight is 292 g/mol. The summed E-state index contributed by atoms with van der Waals surface area (Å²) in [5.41, 5.74) is 8.20. The van der Waals surface area contributed by atoms with Gasteiger partial charge in [0.1, 0.15) is 6.04 Å². The van der Waals surface area contributed by atoms with Crippen molar-refractivity contribution in [1.82, 2.24) is 4.90 Å². The maximum absolute atomic E-state index is 12.7. The summed E-state index contributed by atoms with van der Waals surface area (Å²) in [5, 5.41) is 0. The molecular formula is C17H28N2O2. The Labute approximate surface area is 128 Å². The van der Waals surface area contributed by atoms with E-state index in [-0.39, 0.29) is 11.9 Å². The Bertz CT molecular complexity index is 427. The summed E-state index contributed by atoms with van der Waals surface area (Å²) in [5.74, 6) is -0.0235. The fourth-order valence-corrected chi connectivity index (χ4v) is 2.49. The van der Waals surface area contributed by atoms with E-state index in [0.29, 0.717) is 13.2 Å². The molecule has 1 aromatic carbocycles. The predicted octanol–water partition coefficient (Wildman–Crippen LogP) is 2.66. The second-order valence-electron chi connectivity index (χ2n) is 5.38. The second kappa shape index (κ2) is 8.80. The van der Waals surface area contributed by atoms with Gasteiger partial charge in [-0.3, -0.25) is 4.79 Å². The van der Waals surface area contributed by atoms with Crippen molar-refractivity contribution in [3.63, 3.8) is 0 Å². The summed E-state index contributed by atoms with van der Waals surface area (Å²) in [6.07, 6.45) is 1.85. The van der Waals surface area contributed by atoms with Crippen LogP contribution in [0.2, 0.25) is 0 Å². The molecule has 2 N–H and O–H groups in total. The van der Waals surface area contributed by atoms with Crippen LogP contribution in [0.25, 0.3) is 0 Å². The molecule has 0 heterocycles. The van der Waals surface area contributed by atoms with Crippen molar-refractivity contribution in [1.29, 1.82) is 0 Å². The molecular weight excluding hydrogens is 264 g/mol. The Hall–Kier alpha value is -1.39. The molecule has 0 aliphatic rings. The molecule has 0 aromatic heterocycles. The minimum Gasteiger partial charge on any atom is -0.383 e. The summed E-state index contributed by atoms with van der Waals surface area (Å²) in [6.45, 7) is 7.33. The van der Waals surface area contributed by atoms with Crippen molar-refractivity contribution in [2.75, 3.05) is 20.3 Å². The molecule has 1 rings (SSSR count). The van der Waals surface area contributed by atoms with E-state index in [1.165, 1.54) is 0 Å². The van der Waals surface area contributed by atoms with Gasteiger partial charge in [-0.15, -0.1) is 0 Å². The van der Waals surface area contributed by atoms with E-state index in [1.54, 1.807) is 7.11 Å². The van der Waals surface area contributed by atoms with Crippen molar-refractivity contribution in [2.24, 2.45) is 5.73 Å². The van der Waals surface area contributed by atoms with Crippen molar-refractivity contribution in [2.45, 2.75) is 45.7 Å². The molecule has 21 heavy (non-hydrogen) atoms. The Morgan fingerprint density at radius 1 is 1.24 bits per heavy atom. The van der Waals surface area contributed by atoms with Gasteiger partial charge in [0.15, 0.2) is 0 Å². The number of benzene rings is 1. The number of carbonyl (C=O) groups is 1. The lowest BCUT2D eigenvalue weighted by Crippen LogP contribution is -2.46. The number of hydrogen-bond donors (Lipinski definition) is 1. The molecule has 1 aromatic rings. The predicted molar refractivity (Wildman–Crippen MR) is 86.1 cm³/mol. The highest BCUT2D eigenvalue weighted by Crippen LogP contribution is 2.18. The summed E-state index contributed by atoms with van der Waals surface area (Å²) >= 11 is 0. The summed E-state index contributed by atoms with van der Waals surface area (Å²) < 4.78 is 5.13. The number of rotatable bonds is 8. The maximum atomic E-state index is 12.7. The zero-order valence-corrected chi connectivity index (χ0v) is 13.6. The van der Waals surface area contributed by atoms with Crippen molar-refractivity contribution in [3.8, 4) is 0 Å². The lowest BCUT2D eigenvalue weighted by Gasteiger charge is -2.32. The number of hydrogen-bond acceptors (Lipinski definition) is 3. The molecule has 0 saturated heterocycles. The SMILES string of the molecule is CCC(CC)N(CCOC)C(=O)C(N)c1ccc(C)cc1. The minimum atomic E-state index is -0.608. The Kier molecular flexibility index (Phi) is 7.40. The third kappa shape index (κ3) is 4.83.